The van der Waals surface area contributed by atoms with E-state index < -0.39 is 0 Å². The predicted molar refractivity (Wildman–Crippen MR) is 64.9 cm³/mol. The highest BCUT2D eigenvalue weighted by molar-refractivity contribution is 7.12. The Morgan fingerprint density at radius 1 is 1.33 bits per heavy atom. The summed E-state index contributed by atoms with van der Waals surface area (Å²) in [5, 5.41) is 12.1. The third kappa shape index (κ3) is 4.96. The fraction of sp³-hybridized carbons (Fsp3) is 0.583. The quantitative estimate of drug-likeness (QED) is 0.719. The summed E-state index contributed by atoms with van der Waals surface area (Å²) in [7, 11) is 0. The van der Waals surface area contributed by atoms with Crippen LogP contribution in [0.15, 0.2) is 12.1 Å². The van der Waals surface area contributed by atoms with E-state index in [0.29, 0.717) is 0 Å². The van der Waals surface area contributed by atoms with Crippen molar-refractivity contribution < 1.29 is 0 Å². The van der Waals surface area contributed by atoms with Gasteiger partial charge in [-0.2, -0.15) is 5.26 Å². The van der Waals surface area contributed by atoms with Crippen molar-refractivity contribution in [3.63, 3.8) is 0 Å². The molecule has 0 bridgehead atoms. The summed E-state index contributed by atoms with van der Waals surface area (Å²) in [4.78, 5) is 2.06. The molecule has 2 nitrogen and oxygen atoms in total. The first kappa shape index (κ1) is 12.2. The van der Waals surface area contributed by atoms with Gasteiger partial charge in [-0.25, -0.2) is 0 Å². The molecule has 0 radical (unpaired) electrons. The Morgan fingerprint density at radius 3 is 2.87 bits per heavy atom. The molecule has 0 aliphatic heterocycles. The first-order chi connectivity index (χ1) is 7.36. The molecule has 0 amide bonds. The van der Waals surface area contributed by atoms with Crippen molar-refractivity contribution in [2.45, 2.75) is 39.2 Å². The lowest BCUT2D eigenvalue weighted by Gasteiger charge is -2.01. The van der Waals surface area contributed by atoms with Gasteiger partial charge in [0.15, 0.2) is 0 Å². The molecule has 0 fully saturated rings. The third-order valence-electron chi connectivity index (χ3n) is 2.28. The average molecular weight is 222 g/mol. The van der Waals surface area contributed by atoms with E-state index in [4.69, 9.17) is 5.26 Å². The van der Waals surface area contributed by atoms with Crippen molar-refractivity contribution in [3.05, 3.63) is 21.9 Å². The number of hydrogen-bond acceptors (Lipinski definition) is 3. The van der Waals surface area contributed by atoms with Gasteiger partial charge in [-0.15, -0.1) is 11.3 Å². The molecule has 3 heteroatoms. The van der Waals surface area contributed by atoms with E-state index >= 15 is 0 Å². The molecule has 0 saturated carbocycles. The Bertz CT molecular complexity index is 312. The van der Waals surface area contributed by atoms with Crippen LogP contribution in [0.2, 0.25) is 0 Å². The number of nitriles is 1. The predicted octanol–water partition coefficient (Wildman–Crippen LogP) is 3.29. The summed E-state index contributed by atoms with van der Waals surface area (Å²) < 4.78 is 0. The monoisotopic (exact) mass is 222 g/mol. The molecule has 0 aliphatic rings. The van der Waals surface area contributed by atoms with Gasteiger partial charge in [0.05, 0.1) is 0 Å². The van der Waals surface area contributed by atoms with E-state index in [1.165, 1.54) is 30.6 Å². The Hall–Kier alpha value is -0.850. The zero-order chi connectivity index (χ0) is 10.9. The molecule has 1 heterocycles. The summed E-state index contributed by atoms with van der Waals surface area (Å²) in [5.74, 6) is 0. The summed E-state index contributed by atoms with van der Waals surface area (Å²) in [6, 6.07) is 6.07. The first-order valence-electron chi connectivity index (χ1n) is 5.56. The highest BCUT2D eigenvalue weighted by atomic mass is 32.1. The van der Waals surface area contributed by atoms with E-state index in [0.717, 1.165) is 18.0 Å². The maximum absolute atomic E-state index is 8.66. The second-order valence-corrected chi connectivity index (χ2v) is 4.78. The van der Waals surface area contributed by atoms with Gasteiger partial charge in [-0.1, -0.05) is 26.2 Å². The lowest BCUT2D eigenvalue weighted by atomic mass is 10.2. The van der Waals surface area contributed by atoms with Crippen molar-refractivity contribution in [1.29, 1.82) is 5.26 Å². The molecule has 1 aromatic heterocycles. The number of hydrogen-bond donors (Lipinski definition) is 1. The van der Waals surface area contributed by atoms with Crippen LogP contribution in [0, 0.1) is 11.3 Å². The summed E-state index contributed by atoms with van der Waals surface area (Å²) in [6.45, 7) is 4.21. The Morgan fingerprint density at radius 2 is 2.20 bits per heavy atom. The van der Waals surface area contributed by atoms with Crippen molar-refractivity contribution in [2.24, 2.45) is 0 Å². The van der Waals surface area contributed by atoms with Crippen LogP contribution in [0.5, 0.6) is 0 Å². The second-order valence-electron chi connectivity index (χ2n) is 3.62. The standard InChI is InChI=1S/C12H18N2S/c1-2-3-4-5-8-14-10-12-7-6-11(9-13)15-12/h6-7,14H,2-5,8,10H2,1H3. The Balaban J connectivity index is 2.07. The first-order valence-corrected chi connectivity index (χ1v) is 6.38. The fourth-order valence-corrected chi connectivity index (χ4v) is 2.20. The molecule has 0 unspecified atom stereocenters. The van der Waals surface area contributed by atoms with Crippen LogP contribution in [-0.4, -0.2) is 6.54 Å². The minimum absolute atomic E-state index is 0.804. The van der Waals surface area contributed by atoms with Crippen LogP contribution in [0.1, 0.15) is 42.4 Å². The number of unbranched alkanes of at least 4 members (excludes halogenated alkanes) is 3. The van der Waals surface area contributed by atoms with Gasteiger partial charge >= 0.3 is 0 Å². The highest BCUT2D eigenvalue weighted by Crippen LogP contribution is 2.14. The second kappa shape index (κ2) is 7.44. The highest BCUT2D eigenvalue weighted by Gasteiger charge is 1.97. The molecule has 0 atom stereocenters. The van der Waals surface area contributed by atoms with Crippen LogP contribution in [0.25, 0.3) is 0 Å². The van der Waals surface area contributed by atoms with Crippen molar-refractivity contribution in [2.75, 3.05) is 6.54 Å². The van der Waals surface area contributed by atoms with Gasteiger partial charge in [0, 0.05) is 11.4 Å². The molecule has 0 saturated heterocycles. The van der Waals surface area contributed by atoms with Crippen LogP contribution in [0.3, 0.4) is 0 Å². The number of thiophene rings is 1. The van der Waals surface area contributed by atoms with Gasteiger partial charge in [-0.3, -0.25) is 0 Å². The fourth-order valence-electron chi connectivity index (χ4n) is 1.42. The molecule has 0 aromatic carbocycles. The maximum atomic E-state index is 8.66. The van der Waals surface area contributed by atoms with E-state index in [9.17, 15) is 0 Å². The molecule has 1 rings (SSSR count). The largest absolute Gasteiger partial charge is 0.312 e. The number of nitrogens with one attached hydrogen (secondary N) is 1. The molecule has 1 N–H and O–H groups in total. The summed E-state index contributed by atoms with van der Waals surface area (Å²) in [5.41, 5.74) is 0. The topological polar surface area (TPSA) is 35.8 Å². The average Bonchev–Trinajstić information content (AvgIpc) is 2.71. The van der Waals surface area contributed by atoms with Crippen LogP contribution < -0.4 is 5.32 Å². The molecule has 15 heavy (non-hydrogen) atoms. The molecular formula is C12H18N2S. The molecule has 0 spiro atoms. The van der Waals surface area contributed by atoms with Crippen LogP contribution in [0.4, 0.5) is 0 Å². The van der Waals surface area contributed by atoms with E-state index in [2.05, 4.69) is 18.3 Å². The molecular weight excluding hydrogens is 204 g/mol. The van der Waals surface area contributed by atoms with Gasteiger partial charge in [0.1, 0.15) is 10.9 Å². The summed E-state index contributed by atoms with van der Waals surface area (Å²) in [6.07, 6.45) is 5.19. The number of rotatable bonds is 7. The normalized spacial score (nSPS) is 10.1. The zero-order valence-corrected chi connectivity index (χ0v) is 10.1. The van der Waals surface area contributed by atoms with Crippen LogP contribution in [-0.2, 0) is 6.54 Å². The van der Waals surface area contributed by atoms with Gasteiger partial charge in [-0.05, 0) is 25.1 Å². The lowest BCUT2D eigenvalue weighted by Crippen LogP contribution is -2.13. The molecule has 0 aliphatic carbocycles. The van der Waals surface area contributed by atoms with Crippen molar-refractivity contribution in [3.8, 4) is 6.07 Å². The molecule has 1 aromatic rings. The molecule has 82 valence electrons. The minimum Gasteiger partial charge on any atom is -0.312 e. The summed E-state index contributed by atoms with van der Waals surface area (Å²) >= 11 is 1.58. The Labute approximate surface area is 95.9 Å². The van der Waals surface area contributed by atoms with Gasteiger partial charge in [0.25, 0.3) is 0 Å². The zero-order valence-electron chi connectivity index (χ0n) is 9.25. The minimum atomic E-state index is 0.804. The third-order valence-corrected chi connectivity index (χ3v) is 3.27. The van der Waals surface area contributed by atoms with Crippen molar-refractivity contribution in [1.82, 2.24) is 5.32 Å². The Kier molecular flexibility index (Phi) is 6.06. The maximum Gasteiger partial charge on any atom is 0.110 e. The van der Waals surface area contributed by atoms with Crippen LogP contribution >= 0.6 is 11.3 Å². The lowest BCUT2D eigenvalue weighted by molar-refractivity contribution is 0.600. The van der Waals surface area contributed by atoms with E-state index in [1.54, 1.807) is 11.3 Å². The van der Waals surface area contributed by atoms with E-state index in [-0.39, 0.29) is 0 Å². The van der Waals surface area contributed by atoms with Gasteiger partial charge in [0.2, 0.25) is 0 Å². The van der Waals surface area contributed by atoms with E-state index in [1.807, 2.05) is 12.1 Å². The van der Waals surface area contributed by atoms with Crippen molar-refractivity contribution >= 4 is 11.3 Å². The number of nitrogens with zero attached hydrogens (tertiary/aromatic N) is 1. The SMILES string of the molecule is CCCCCCNCc1ccc(C#N)s1. The smallest absolute Gasteiger partial charge is 0.110 e. The van der Waals surface area contributed by atoms with Gasteiger partial charge < -0.3 is 5.32 Å².